The van der Waals surface area contributed by atoms with Crippen molar-refractivity contribution in [3.63, 3.8) is 0 Å². The van der Waals surface area contributed by atoms with Crippen LogP contribution in [0.15, 0.2) is 18.2 Å². The van der Waals surface area contributed by atoms with Gasteiger partial charge >= 0.3 is 0 Å². The molecular weight excluding hydrogens is 275 g/mol. The monoisotopic (exact) mass is 288 g/mol. The van der Waals surface area contributed by atoms with E-state index >= 15 is 0 Å². The maximum atomic E-state index is 13.0. The number of halogens is 2. The Labute approximate surface area is 115 Å². The minimum Gasteiger partial charge on any atom is -0.392 e. The second-order valence-corrected chi connectivity index (χ2v) is 4.72. The van der Waals surface area contributed by atoms with Crippen LogP contribution >= 0.6 is 23.8 Å². The molecular formula is C12H14ClFN2OS. The van der Waals surface area contributed by atoms with Gasteiger partial charge in [-0.15, -0.1) is 0 Å². The molecule has 3 nitrogen and oxygen atoms in total. The molecule has 1 aromatic carbocycles. The van der Waals surface area contributed by atoms with Gasteiger partial charge < -0.3 is 11.1 Å². The third kappa shape index (κ3) is 3.92. The number of carbonyl (C=O) groups excluding carboxylic acids is 1. The molecule has 0 heterocycles. The van der Waals surface area contributed by atoms with E-state index in [-0.39, 0.29) is 27.5 Å². The minimum atomic E-state index is -0.562. The molecule has 0 saturated carbocycles. The van der Waals surface area contributed by atoms with Gasteiger partial charge in [0, 0.05) is 5.56 Å². The zero-order valence-electron chi connectivity index (χ0n) is 9.87. The van der Waals surface area contributed by atoms with Crippen molar-refractivity contribution in [2.45, 2.75) is 25.8 Å². The summed E-state index contributed by atoms with van der Waals surface area (Å²) >= 11 is 10.5. The third-order valence-corrected chi connectivity index (χ3v) is 2.98. The molecule has 1 amide bonds. The van der Waals surface area contributed by atoms with E-state index in [9.17, 15) is 9.18 Å². The highest BCUT2D eigenvalue weighted by molar-refractivity contribution is 7.80. The molecule has 1 unspecified atom stereocenters. The molecule has 0 saturated heterocycles. The second-order valence-electron chi connectivity index (χ2n) is 3.85. The first-order valence-electron chi connectivity index (χ1n) is 5.51. The lowest BCUT2D eigenvalue weighted by Gasteiger charge is -2.16. The van der Waals surface area contributed by atoms with Crippen LogP contribution in [0.2, 0.25) is 5.02 Å². The second kappa shape index (κ2) is 6.66. The maximum Gasteiger partial charge on any atom is 0.251 e. The number of benzene rings is 1. The van der Waals surface area contributed by atoms with Gasteiger partial charge in [0.15, 0.2) is 0 Å². The smallest absolute Gasteiger partial charge is 0.251 e. The predicted octanol–water partition coefficient (Wildman–Crippen LogP) is 2.66. The summed E-state index contributed by atoms with van der Waals surface area (Å²) in [7, 11) is 0. The first-order valence-corrected chi connectivity index (χ1v) is 6.29. The maximum absolute atomic E-state index is 13.0. The zero-order valence-corrected chi connectivity index (χ0v) is 11.4. The van der Waals surface area contributed by atoms with Crippen molar-refractivity contribution in [1.29, 1.82) is 0 Å². The molecule has 1 aromatic rings. The summed E-state index contributed by atoms with van der Waals surface area (Å²) in [5.74, 6) is -0.934. The van der Waals surface area contributed by atoms with Crippen LogP contribution in [-0.4, -0.2) is 16.9 Å². The lowest BCUT2D eigenvalue weighted by Crippen LogP contribution is -2.43. The van der Waals surface area contributed by atoms with Gasteiger partial charge in [0.2, 0.25) is 0 Å². The lowest BCUT2D eigenvalue weighted by molar-refractivity contribution is 0.0945. The van der Waals surface area contributed by atoms with E-state index in [0.29, 0.717) is 6.42 Å². The van der Waals surface area contributed by atoms with Gasteiger partial charge in [-0.2, -0.15) is 0 Å². The highest BCUT2D eigenvalue weighted by Gasteiger charge is 2.16. The number of thiocarbonyl (C=S) groups is 1. The lowest BCUT2D eigenvalue weighted by atomic mass is 10.1. The summed E-state index contributed by atoms with van der Waals surface area (Å²) in [5, 5.41) is 2.60. The van der Waals surface area contributed by atoms with E-state index in [1.807, 2.05) is 6.92 Å². The van der Waals surface area contributed by atoms with Crippen LogP contribution in [0.1, 0.15) is 30.1 Å². The van der Waals surface area contributed by atoms with Gasteiger partial charge in [-0.3, -0.25) is 4.79 Å². The van der Waals surface area contributed by atoms with E-state index in [2.05, 4.69) is 5.32 Å². The number of hydrogen-bond acceptors (Lipinski definition) is 2. The van der Waals surface area contributed by atoms with Crippen molar-refractivity contribution in [3.8, 4) is 0 Å². The summed E-state index contributed by atoms with van der Waals surface area (Å²) < 4.78 is 13.0. The van der Waals surface area contributed by atoms with Gasteiger partial charge in [0.25, 0.3) is 5.91 Å². The van der Waals surface area contributed by atoms with Crippen molar-refractivity contribution < 1.29 is 9.18 Å². The Morgan fingerprint density at radius 1 is 1.61 bits per heavy atom. The van der Waals surface area contributed by atoms with Gasteiger partial charge in [-0.05, 0) is 24.6 Å². The first kappa shape index (κ1) is 14.9. The number of carbonyl (C=O) groups is 1. The summed E-state index contributed by atoms with van der Waals surface area (Å²) in [6.07, 6.45) is 1.50. The highest BCUT2D eigenvalue weighted by atomic mass is 35.5. The summed E-state index contributed by atoms with van der Waals surface area (Å²) in [5.41, 5.74) is 5.81. The van der Waals surface area contributed by atoms with E-state index in [4.69, 9.17) is 29.6 Å². The number of amides is 1. The third-order valence-electron chi connectivity index (χ3n) is 2.41. The summed E-state index contributed by atoms with van der Waals surface area (Å²) in [6, 6.07) is 3.42. The minimum absolute atomic E-state index is 0.0926. The molecule has 18 heavy (non-hydrogen) atoms. The topological polar surface area (TPSA) is 55.1 Å². The molecule has 1 rings (SSSR count). The molecule has 0 aliphatic carbocycles. The molecule has 98 valence electrons. The van der Waals surface area contributed by atoms with Crippen LogP contribution in [0.5, 0.6) is 0 Å². The fourth-order valence-corrected chi connectivity index (χ4v) is 1.81. The van der Waals surface area contributed by atoms with E-state index in [1.54, 1.807) is 0 Å². The Morgan fingerprint density at radius 2 is 2.28 bits per heavy atom. The Bertz CT molecular complexity index is 467. The molecule has 0 bridgehead atoms. The van der Waals surface area contributed by atoms with Crippen molar-refractivity contribution in [1.82, 2.24) is 5.32 Å². The Morgan fingerprint density at radius 3 is 2.78 bits per heavy atom. The van der Waals surface area contributed by atoms with E-state index in [0.717, 1.165) is 12.5 Å². The van der Waals surface area contributed by atoms with Crippen molar-refractivity contribution in [2.75, 3.05) is 0 Å². The molecule has 0 spiro atoms. The summed E-state index contributed by atoms with van der Waals surface area (Å²) in [6.45, 7) is 1.96. The highest BCUT2D eigenvalue weighted by Crippen LogP contribution is 2.16. The van der Waals surface area contributed by atoms with E-state index in [1.165, 1.54) is 12.1 Å². The predicted molar refractivity (Wildman–Crippen MR) is 74.4 cm³/mol. The number of rotatable bonds is 5. The molecule has 0 radical (unpaired) electrons. The number of nitrogens with two attached hydrogens (primary N) is 1. The van der Waals surface area contributed by atoms with Gasteiger partial charge in [0.05, 0.1) is 16.1 Å². The van der Waals surface area contributed by atoms with Gasteiger partial charge in [0.1, 0.15) is 5.82 Å². The summed E-state index contributed by atoms with van der Waals surface area (Å²) in [4.78, 5) is 12.1. The normalized spacial score (nSPS) is 11.9. The molecule has 0 aliphatic rings. The molecule has 0 fully saturated rings. The molecule has 0 aliphatic heterocycles. The number of hydrogen-bond donors (Lipinski definition) is 2. The zero-order chi connectivity index (χ0) is 13.7. The molecule has 0 aromatic heterocycles. The largest absolute Gasteiger partial charge is 0.392 e. The fraction of sp³-hybridized carbons (Fsp3) is 0.333. The van der Waals surface area contributed by atoms with Crippen LogP contribution in [0.3, 0.4) is 0 Å². The van der Waals surface area contributed by atoms with Gasteiger partial charge in [-0.1, -0.05) is 37.2 Å². The Hall–Kier alpha value is -1.20. The first-order chi connectivity index (χ1) is 8.45. The SMILES string of the molecule is CCCC(NC(=O)c1ccc(F)c(Cl)c1)C(N)=S. The van der Waals surface area contributed by atoms with Crippen LogP contribution in [0, 0.1) is 5.82 Å². The van der Waals surface area contributed by atoms with Gasteiger partial charge in [-0.25, -0.2) is 4.39 Å². The van der Waals surface area contributed by atoms with Crippen molar-refractivity contribution in [2.24, 2.45) is 5.73 Å². The van der Waals surface area contributed by atoms with Crippen LogP contribution < -0.4 is 11.1 Å². The molecule has 3 N–H and O–H groups in total. The van der Waals surface area contributed by atoms with Crippen molar-refractivity contribution in [3.05, 3.63) is 34.6 Å². The average Bonchev–Trinajstić information content (AvgIpc) is 2.31. The van der Waals surface area contributed by atoms with Crippen LogP contribution in [0.4, 0.5) is 4.39 Å². The Kier molecular flexibility index (Phi) is 5.50. The standard InChI is InChI=1S/C12H14ClFN2OS/c1-2-3-10(11(15)18)16-12(17)7-4-5-9(14)8(13)6-7/h4-6,10H,2-3H2,1H3,(H2,15,18)(H,16,17). The van der Waals surface area contributed by atoms with Crippen molar-refractivity contribution >= 4 is 34.7 Å². The van der Waals surface area contributed by atoms with Crippen LogP contribution in [-0.2, 0) is 0 Å². The average molecular weight is 289 g/mol. The Balaban J connectivity index is 2.80. The molecule has 6 heteroatoms. The van der Waals surface area contributed by atoms with E-state index < -0.39 is 5.82 Å². The fourth-order valence-electron chi connectivity index (χ4n) is 1.45. The van der Waals surface area contributed by atoms with Crippen LogP contribution in [0.25, 0.3) is 0 Å². The molecule has 1 atom stereocenters. The number of nitrogens with one attached hydrogen (secondary N) is 1. The quantitative estimate of drug-likeness (QED) is 0.819.